The van der Waals surface area contributed by atoms with Gasteiger partial charge in [0.25, 0.3) is 10.0 Å². The van der Waals surface area contributed by atoms with Crippen LogP contribution in [0, 0.1) is 0 Å². The summed E-state index contributed by atoms with van der Waals surface area (Å²) in [6.45, 7) is 3.67. The number of benzene rings is 3. The van der Waals surface area contributed by atoms with E-state index in [1.807, 2.05) is 6.92 Å². The Hall–Kier alpha value is -3.76. The van der Waals surface area contributed by atoms with Gasteiger partial charge in [-0.05, 0) is 55.3 Å². The van der Waals surface area contributed by atoms with E-state index in [-0.39, 0.29) is 23.1 Å². The quantitative estimate of drug-likeness (QED) is 0.264. The number of nitrogens with zero attached hydrogens (tertiary/aromatic N) is 2. The smallest absolute Gasteiger partial charge is 0.264 e. The van der Waals surface area contributed by atoms with Gasteiger partial charge in [0.05, 0.1) is 24.8 Å². The molecule has 9 nitrogen and oxygen atoms in total. The van der Waals surface area contributed by atoms with E-state index in [1.54, 1.807) is 61.5 Å². The summed E-state index contributed by atoms with van der Waals surface area (Å²) in [7, 11) is -1.38. The molecule has 0 radical (unpaired) electrons. The maximum atomic E-state index is 14.0. The largest absolute Gasteiger partial charge is 0.493 e. The van der Waals surface area contributed by atoms with E-state index in [4.69, 9.17) is 21.1 Å². The van der Waals surface area contributed by atoms with Crippen LogP contribution in [0.2, 0.25) is 5.02 Å². The second-order valence-corrected chi connectivity index (χ2v) is 11.6. The van der Waals surface area contributed by atoms with Crippen molar-refractivity contribution >= 4 is 39.1 Å². The summed E-state index contributed by atoms with van der Waals surface area (Å²) in [5, 5.41) is 3.40. The van der Waals surface area contributed by atoms with Crippen molar-refractivity contribution < 1.29 is 27.5 Å². The van der Waals surface area contributed by atoms with E-state index < -0.39 is 28.5 Å². The Labute approximate surface area is 247 Å². The highest BCUT2D eigenvalue weighted by Gasteiger charge is 2.33. The third kappa shape index (κ3) is 8.14. The Morgan fingerprint density at radius 1 is 0.951 bits per heavy atom. The van der Waals surface area contributed by atoms with Gasteiger partial charge in [0, 0.05) is 24.2 Å². The van der Waals surface area contributed by atoms with Crippen molar-refractivity contribution in [3.05, 3.63) is 83.4 Å². The molecule has 0 aliphatic rings. The molecule has 0 spiro atoms. The van der Waals surface area contributed by atoms with E-state index in [9.17, 15) is 18.0 Å². The molecule has 0 saturated heterocycles. The number of amides is 2. The lowest BCUT2D eigenvalue weighted by molar-refractivity contribution is -0.139. The number of unbranched alkanes of at least 4 members (excludes halogenated alkanes) is 1. The van der Waals surface area contributed by atoms with Gasteiger partial charge in [0.1, 0.15) is 12.6 Å². The number of ether oxygens (including phenoxy) is 2. The van der Waals surface area contributed by atoms with Crippen LogP contribution in [0.5, 0.6) is 11.5 Å². The number of carbonyl (C=O) groups is 2. The number of anilines is 1. The van der Waals surface area contributed by atoms with Crippen molar-refractivity contribution in [3.63, 3.8) is 0 Å². The number of halogens is 1. The molecule has 3 aromatic carbocycles. The Bertz CT molecular complexity index is 1420. The fraction of sp³-hybridized carbons (Fsp3) is 0.333. The normalized spacial score (nSPS) is 11.8. The lowest BCUT2D eigenvalue weighted by Gasteiger charge is -2.32. The van der Waals surface area contributed by atoms with E-state index >= 15 is 0 Å². The summed E-state index contributed by atoms with van der Waals surface area (Å²) >= 11 is 6.05. The van der Waals surface area contributed by atoms with Crippen LogP contribution in [-0.2, 0) is 26.2 Å². The van der Waals surface area contributed by atoms with Gasteiger partial charge in [-0.15, -0.1) is 0 Å². The molecule has 1 unspecified atom stereocenters. The maximum Gasteiger partial charge on any atom is 0.264 e. The first-order chi connectivity index (χ1) is 19.6. The summed E-state index contributed by atoms with van der Waals surface area (Å²) in [6, 6.07) is 18.6. The summed E-state index contributed by atoms with van der Waals surface area (Å²) in [5.74, 6) is -0.277. The SMILES string of the molecule is CCCCNC(=O)C(C)N(Cc1ccc(Cl)cc1)C(=O)CN(c1ccccc1)S(=O)(=O)c1ccc(OC)c(OC)c1. The molecule has 1 N–H and O–H groups in total. The van der Waals surface area contributed by atoms with Crippen molar-refractivity contribution in [2.45, 2.75) is 44.2 Å². The van der Waals surface area contributed by atoms with Gasteiger partial charge in [-0.25, -0.2) is 8.42 Å². The molecule has 0 saturated carbocycles. The van der Waals surface area contributed by atoms with Gasteiger partial charge >= 0.3 is 0 Å². The minimum absolute atomic E-state index is 0.0808. The number of hydrogen-bond donors (Lipinski definition) is 1. The number of methoxy groups -OCH3 is 2. The van der Waals surface area contributed by atoms with Crippen LogP contribution in [0.15, 0.2) is 77.7 Å². The van der Waals surface area contributed by atoms with Crippen LogP contribution >= 0.6 is 11.6 Å². The number of rotatable bonds is 14. The van der Waals surface area contributed by atoms with Crippen molar-refractivity contribution in [2.24, 2.45) is 0 Å². The lowest BCUT2D eigenvalue weighted by Crippen LogP contribution is -2.51. The van der Waals surface area contributed by atoms with Gasteiger partial charge in [-0.3, -0.25) is 13.9 Å². The molecular weight excluding hydrogens is 566 g/mol. The number of hydrogen-bond acceptors (Lipinski definition) is 6. The molecule has 0 aliphatic heterocycles. The van der Waals surface area contributed by atoms with E-state index in [0.717, 1.165) is 22.7 Å². The van der Waals surface area contributed by atoms with Crippen LogP contribution in [0.1, 0.15) is 32.3 Å². The Morgan fingerprint density at radius 2 is 1.61 bits per heavy atom. The molecule has 0 heterocycles. The average Bonchev–Trinajstić information content (AvgIpc) is 2.99. The summed E-state index contributed by atoms with van der Waals surface area (Å²) in [5.41, 5.74) is 1.03. The van der Waals surface area contributed by atoms with Crippen molar-refractivity contribution in [1.82, 2.24) is 10.2 Å². The molecule has 1 atom stereocenters. The zero-order valence-electron chi connectivity index (χ0n) is 23.7. The first-order valence-corrected chi connectivity index (χ1v) is 15.1. The summed E-state index contributed by atoms with van der Waals surface area (Å²) < 4.78 is 39.6. The number of carbonyl (C=O) groups excluding carboxylic acids is 2. The van der Waals surface area contributed by atoms with E-state index in [0.29, 0.717) is 23.0 Å². The number of sulfonamides is 1. The average molecular weight is 602 g/mol. The summed E-state index contributed by atoms with van der Waals surface area (Å²) in [6.07, 6.45) is 1.71. The zero-order chi connectivity index (χ0) is 30.0. The molecule has 0 aromatic heterocycles. The predicted molar refractivity (Wildman–Crippen MR) is 160 cm³/mol. The van der Waals surface area contributed by atoms with Crippen molar-refractivity contribution in [1.29, 1.82) is 0 Å². The first-order valence-electron chi connectivity index (χ1n) is 13.2. The van der Waals surface area contributed by atoms with Crippen molar-refractivity contribution in [3.8, 4) is 11.5 Å². The molecule has 3 rings (SSSR count). The molecule has 41 heavy (non-hydrogen) atoms. The minimum Gasteiger partial charge on any atom is -0.493 e. The third-order valence-corrected chi connectivity index (χ3v) is 8.55. The molecule has 11 heteroatoms. The predicted octanol–water partition coefficient (Wildman–Crippen LogP) is 4.89. The Kier molecular flexibility index (Phi) is 11.4. The van der Waals surface area contributed by atoms with Crippen LogP contribution < -0.4 is 19.1 Å². The molecule has 3 aromatic rings. The highest BCUT2D eigenvalue weighted by molar-refractivity contribution is 7.92. The minimum atomic E-state index is -4.25. The summed E-state index contributed by atoms with van der Waals surface area (Å²) in [4.78, 5) is 28.3. The number of para-hydroxylation sites is 1. The molecule has 0 fully saturated rings. The molecule has 220 valence electrons. The zero-order valence-corrected chi connectivity index (χ0v) is 25.2. The molecule has 2 amide bonds. The van der Waals surface area contributed by atoms with Gasteiger partial charge in [0.2, 0.25) is 11.8 Å². The molecular formula is C30H36ClN3O6S. The standard InChI is InChI=1S/C30H36ClN3O6S/c1-5-6-18-32-30(36)22(2)33(20-23-12-14-24(31)15-13-23)29(35)21-34(25-10-8-7-9-11-25)41(37,38)26-16-17-27(39-3)28(19-26)40-4/h7-17,19,22H,5-6,18,20-21H2,1-4H3,(H,32,36). The van der Waals surface area contributed by atoms with Gasteiger partial charge in [-0.1, -0.05) is 55.3 Å². The Balaban J connectivity index is 2.01. The first kappa shape index (κ1) is 31.8. The van der Waals surface area contributed by atoms with Crippen LogP contribution in [0.4, 0.5) is 5.69 Å². The fourth-order valence-corrected chi connectivity index (χ4v) is 5.69. The second kappa shape index (κ2) is 14.7. The van der Waals surface area contributed by atoms with E-state index in [1.165, 1.54) is 37.3 Å². The van der Waals surface area contributed by atoms with Crippen LogP contribution in [0.25, 0.3) is 0 Å². The fourth-order valence-electron chi connectivity index (χ4n) is 4.13. The Morgan fingerprint density at radius 3 is 2.22 bits per heavy atom. The van der Waals surface area contributed by atoms with E-state index in [2.05, 4.69) is 5.32 Å². The lowest BCUT2D eigenvalue weighted by atomic mass is 10.1. The highest BCUT2D eigenvalue weighted by atomic mass is 35.5. The monoisotopic (exact) mass is 601 g/mol. The van der Waals surface area contributed by atoms with Gasteiger partial charge < -0.3 is 19.7 Å². The maximum absolute atomic E-state index is 14.0. The van der Waals surface area contributed by atoms with Crippen LogP contribution in [-0.4, -0.2) is 58.5 Å². The topological polar surface area (TPSA) is 105 Å². The highest BCUT2D eigenvalue weighted by Crippen LogP contribution is 2.32. The van der Waals surface area contributed by atoms with Gasteiger partial charge in [0.15, 0.2) is 11.5 Å². The third-order valence-electron chi connectivity index (χ3n) is 6.53. The van der Waals surface area contributed by atoms with Crippen LogP contribution in [0.3, 0.4) is 0 Å². The number of nitrogens with one attached hydrogen (secondary N) is 1. The van der Waals surface area contributed by atoms with Gasteiger partial charge in [-0.2, -0.15) is 0 Å². The second-order valence-electron chi connectivity index (χ2n) is 9.33. The van der Waals surface area contributed by atoms with Crippen molar-refractivity contribution in [2.75, 3.05) is 31.6 Å². The molecule has 0 bridgehead atoms. The molecule has 0 aliphatic carbocycles.